The molecule has 0 saturated carbocycles. The maximum Gasteiger partial charge on any atom is 0.410 e. The van der Waals surface area contributed by atoms with Gasteiger partial charge in [-0.2, -0.15) is 5.10 Å². The van der Waals surface area contributed by atoms with E-state index in [2.05, 4.69) is 56.0 Å². The van der Waals surface area contributed by atoms with E-state index in [0.29, 0.717) is 24.6 Å². The standard InChI is InChI=1S/C26H40N6O3SSi/c1-25(2,3)21(35-37(7)8)18-12-11-17(36-18)20-19-22(27)28-15-29-23(19)32(30-20)16-10-9-13-31(14-16)24(33)34-26(4,5)6/h11-12,15-17,37H,9-10,13-14H2,1-8H3,(H2,27,28,29)/t16-,17?/m1/s1. The van der Waals surface area contributed by atoms with Crippen molar-refractivity contribution in [1.82, 2.24) is 24.6 Å². The third kappa shape index (κ3) is 6.14. The molecule has 2 aromatic heterocycles. The predicted octanol–water partition coefficient (Wildman–Crippen LogP) is 5.58. The normalized spacial score (nSPS) is 22.1. The Morgan fingerprint density at radius 1 is 1.19 bits per heavy atom. The van der Waals surface area contributed by atoms with Crippen molar-refractivity contribution in [1.29, 1.82) is 0 Å². The van der Waals surface area contributed by atoms with E-state index < -0.39 is 14.6 Å². The molecule has 11 heteroatoms. The third-order valence-corrected chi connectivity index (χ3v) is 8.06. The number of piperidine rings is 1. The third-order valence-electron chi connectivity index (χ3n) is 6.14. The summed E-state index contributed by atoms with van der Waals surface area (Å²) in [5.41, 5.74) is 7.29. The number of rotatable bonds is 4. The molecule has 1 amide bonds. The molecule has 1 saturated heterocycles. The molecule has 202 valence electrons. The summed E-state index contributed by atoms with van der Waals surface area (Å²) in [5.74, 6) is 1.45. The van der Waals surface area contributed by atoms with E-state index in [1.807, 2.05) is 25.5 Å². The molecule has 2 N–H and O–H groups in total. The Kier molecular flexibility index (Phi) is 7.67. The molecule has 9 nitrogen and oxygen atoms in total. The van der Waals surface area contributed by atoms with Crippen LogP contribution in [0.2, 0.25) is 13.1 Å². The van der Waals surface area contributed by atoms with Gasteiger partial charge < -0.3 is 19.8 Å². The average Bonchev–Trinajstić information content (AvgIpc) is 3.41. The first-order valence-electron chi connectivity index (χ1n) is 13.0. The number of nitrogens with zero attached hydrogens (tertiary/aromatic N) is 5. The zero-order valence-corrected chi connectivity index (χ0v) is 25.2. The van der Waals surface area contributed by atoms with Crippen LogP contribution in [0.5, 0.6) is 0 Å². The second kappa shape index (κ2) is 10.3. The van der Waals surface area contributed by atoms with Crippen molar-refractivity contribution < 1.29 is 14.0 Å². The highest BCUT2D eigenvalue weighted by Crippen LogP contribution is 2.48. The number of ether oxygens (including phenoxy) is 1. The summed E-state index contributed by atoms with van der Waals surface area (Å²) in [6, 6.07) is -0.0300. The van der Waals surface area contributed by atoms with E-state index >= 15 is 0 Å². The van der Waals surface area contributed by atoms with E-state index in [1.54, 1.807) is 16.7 Å². The second-order valence-electron chi connectivity index (χ2n) is 12.0. The van der Waals surface area contributed by atoms with Crippen LogP contribution in [-0.2, 0) is 9.16 Å². The lowest BCUT2D eigenvalue weighted by Gasteiger charge is -2.34. The number of anilines is 1. The van der Waals surface area contributed by atoms with Crippen LogP contribution in [0.3, 0.4) is 0 Å². The Hall–Kier alpha value is -2.53. The molecule has 37 heavy (non-hydrogen) atoms. The molecule has 2 atom stereocenters. The Morgan fingerprint density at radius 3 is 2.57 bits per heavy atom. The lowest BCUT2D eigenvalue weighted by molar-refractivity contribution is 0.0169. The van der Waals surface area contributed by atoms with Crippen molar-refractivity contribution in [2.75, 3.05) is 18.8 Å². The van der Waals surface area contributed by atoms with Gasteiger partial charge in [-0.3, -0.25) is 0 Å². The van der Waals surface area contributed by atoms with E-state index in [-0.39, 0.29) is 22.8 Å². The number of carbonyl (C=O) groups is 1. The largest absolute Gasteiger partial charge is 0.549 e. The highest BCUT2D eigenvalue weighted by molar-refractivity contribution is 8.04. The van der Waals surface area contributed by atoms with Gasteiger partial charge in [0.15, 0.2) is 5.65 Å². The summed E-state index contributed by atoms with van der Waals surface area (Å²) in [6.45, 7) is 17.7. The van der Waals surface area contributed by atoms with Gasteiger partial charge in [-0.15, -0.1) is 11.8 Å². The number of aromatic nitrogens is 4. The minimum atomic E-state index is -1.28. The van der Waals surface area contributed by atoms with Crippen LogP contribution in [0.1, 0.15) is 71.4 Å². The molecule has 0 radical (unpaired) electrons. The molecular formula is C26H40N6O3SSi. The van der Waals surface area contributed by atoms with E-state index in [9.17, 15) is 4.79 Å². The predicted molar refractivity (Wildman–Crippen MR) is 152 cm³/mol. The highest BCUT2D eigenvalue weighted by atomic mass is 32.2. The summed E-state index contributed by atoms with van der Waals surface area (Å²) in [7, 11) is -1.28. The van der Waals surface area contributed by atoms with Crippen molar-refractivity contribution in [3.8, 4) is 0 Å². The minimum Gasteiger partial charge on any atom is -0.549 e. The van der Waals surface area contributed by atoms with Gasteiger partial charge in [-0.05, 0) is 52.8 Å². The number of thioether (sulfide) groups is 1. The monoisotopic (exact) mass is 544 g/mol. The highest BCUT2D eigenvalue weighted by Gasteiger charge is 2.34. The number of hydrogen-bond donors (Lipinski definition) is 1. The van der Waals surface area contributed by atoms with E-state index in [4.69, 9.17) is 20.0 Å². The van der Waals surface area contributed by atoms with Gasteiger partial charge in [0.2, 0.25) is 9.04 Å². The number of hydrogen-bond acceptors (Lipinski definition) is 8. The molecular weight excluding hydrogens is 504 g/mol. The van der Waals surface area contributed by atoms with E-state index in [1.165, 1.54) is 6.33 Å². The lowest BCUT2D eigenvalue weighted by atomic mass is 9.93. The molecule has 4 heterocycles. The first-order valence-corrected chi connectivity index (χ1v) is 16.6. The lowest BCUT2D eigenvalue weighted by Crippen LogP contribution is -2.43. The van der Waals surface area contributed by atoms with Crippen molar-refractivity contribution in [2.24, 2.45) is 5.41 Å². The van der Waals surface area contributed by atoms with Crippen molar-refractivity contribution >= 4 is 43.7 Å². The maximum atomic E-state index is 12.8. The van der Waals surface area contributed by atoms with Gasteiger partial charge >= 0.3 is 6.09 Å². The molecule has 1 unspecified atom stereocenters. The van der Waals surface area contributed by atoms with Gasteiger partial charge in [0.1, 0.15) is 17.7 Å². The van der Waals surface area contributed by atoms with Crippen LogP contribution in [0.25, 0.3) is 11.0 Å². The number of carbonyl (C=O) groups excluding carboxylic acids is 1. The van der Waals surface area contributed by atoms with Gasteiger partial charge in [0, 0.05) is 23.4 Å². The summed E-state index contributed by atoms with van der Waals surface area (Å²) in [4.78, 5) is 24.5. The molecule has 2 aromatic rings. The number of allylic oxidation sites excluding steroid dienone is 2. The number of nitrogens with two attached hydrogens (primary N) is 1. The van der Waals surface area contributed by atoms with Crippen molar-refractivity contribution in [3.63, 3.8) is 0 Å². The zero-order chi connectivity index (χ0) is 27.1. The number of fused-ring (bicyclic) bond motifs is 1. The Bertz CT molecular complexity index is 1230. The van der Waals surface area contributed by atoms with Crippen LogP contribution in [0.4, 0.5) is 10.6 Å². The van der Waals surface area contributed by atoms with Gasteiger partial charge in [-0.25, -0.2) is 19.4 Å². The Morgan fingerprint density at radius 2 is 1.92 bits per heavy atom. The molecule has 0 aromatic carbocycles. The van der Waals surface area contributed by atoms with Crippen molar-refractivity contribution in [3.05, 3.63) is 34.8 Å². The molecule has 0 aliphatic carbocycles. The molecule has 2 aliphatic rings. The van der Waals surface area contributed by atoms with Crippen LogP contribution in [0, 0.1) is 5.41 Å². The Balaban J connectivity index is 1.67. The summed E-state index contributed by atoms with van der Waals surface area (Å²) >= 11 is 1.73. The quantitative estimate of drug-likeness (QED) is 0.392. The van der Waals surface area contributed by atoms with E-state index in [0.717, 1.165) is 34.6 Å². The maximum absolute atomic E-state index is 12.8. The fraction of sp³-hybridized carbons (Fsp3) is 0.615. The van der Waals surface area contributed by atoms with Gasteiger partial charge in [0.25, 0.3) is 0 Å². The minimum absolute atomic E-state index is 0.0300. The molecule has 2 aliphatic heterocycles. The first-order chi connectivity index (χ1) is 17.2. The zero-order valence-electron chi connectivity index (χ0n) is 23.2. The molecule has 0 spiro atoms. The first kappa shape index (κ1) is 27.5. The van der Waals surface area contributed by atoms with Crippen LogP contribution >= 0.6 is 11.8 Å². The Labute approximate surface area is 225 Å². The van der Waals surface area contributed by atoms with Gasteiger partial charge in [-0.1, -0.05) is 26.8 Å². The summed E-state index contributed by atoms with van der Waals surface area (Å²) in [6.07, 6.45) is 7.23. The van der Waals surface area contributed by atoms with Crippen LogP contribution < -0.4 is 5.73 Å². The number of nitrogen functional groups attached to an aromatic ring is 1. The summed E-state index contributed by atoms with van der Waals surface area (Å²) < 4.78 is 14.0. The van der Waals surface area contributed by atoms with Crippen molar-refractivity contribution in [2.45, 2.75) is 84.4 Å². The molecule has 4 rings (SSSR count). The summed E-state index contributed by atoms with van der Waals surface area (Å²) in [5, 5.41) is 5.81. The molecule has 1 fully saturated rings. The SMILES string of the molecule is C[SiH](C)OC(=C1C=CC(c2nn([C@@H]3CCCN(C(=O)OC(C)(C)C)C3)c3ncnc(N)c23)S1)C(C)(C)C. The van der Waals surface area contributed by atoms with Gasteiger partial charge in [0.05, 0.1) is 28.1 Å². The average molecular weight is 545 g/mol. The number of amides is 1. The smallest absolute Gasteiger partial charge is 0.410 e. The fourth-order valence-electron chi connectivity index (χ4n) is 4.63. The number of likely N-dealkylation sites (tertiary alicyclic amines) is 1. The van der Waals surface area contributed by atoms with Crippen LogP contribution in [-0.4, -0.2) is 58.5 Å². The van der Waals surface area contributed by atoms with Crippen LogP contribution in [0.15, 0.2) is 29.1 Å². The fourth-order valence-corrected chi connectivity index (χ4v) is 6.99. The second-order valence-corrected chi connectivity index (χ2v) is 15.5. The topological polar surface area (TPSA) is 108 Å². The molecule has 0 bridgehead atoms.